The van der Waals surface area contributed by atoms with E-state index in [0.29, 0.717) is 13.0 Å². The van der Waals surface area contributed by atoms with Crippen LogP contribution in [0, 0.1) is 5.41 Å². The Morgan fingerprint density at radius 1 is 1.27 bits per heavy atom. The summed E-state index contributed by atoms with van der Waals surface area (Å²) in [5.74, 6) is -0.140. The molecule has 0 spiro atoms. The first-order valence-electron chi connectivity index (χ1n) is 7.38. The first-order chi connectivity index (χ1) is 10.2. The SMILES string of the molecule is COc1ccc(C(C)(C)C(=O)N2CC[C@](C)(C(=O)O)C2)cc1. The molecule has 1 aliphatic rings. The van der Waals surface area contributed by atoms with Crippen molar-refractivity contribution in [3.63, 3.8) is 0 Å². The molecule has 22 heavy (non-hydrogen) atoms. The van der Waals surface area contributed by atoms with Crippen molar-refractivity contribution in [2.24, 2.45) is 5.41 Å². The van der Waals surface area contributed by atoms with Gasteiger partial charge in [0.15, 0.2) is 0 Å². The Morgan fingerprint density at radius 3 is 2.32 bits per heavy atom. The molecule has 120 valence electrons. The highest BCUT2D eigenvalue weighted by molar-refractivity contribution is 5.88. The number of ether oxygens (including phenoxy) is 1. The molecule has 1 fully saturated rings. The lowest BCUT2D eigenvalue weighted by Gasteiger charge is -2.30. The minimum absolute atomic E-state index is 0.0392. The highest BCUT2D eigenvalue weighted by atomic mass is 16.5. The second-order valence-corrected chi connectivity index (χ2v) is 6.70. The van der Waals surface area contributed by atoms with Crippen LogP contribution in [0.3, 0.4) is 0 Å². The third-order valence-electron chi connectivity index (χ3n) is 4.62. The van der Waals surface area contributed by atoms with Gasteiger partial charge in [0.05, 0.1) is 17.9 Å². The van der Waals surface area contributed by atoms with Crippen LogP contribution in [0.15, 0.2) is 24.3 Å². The number of carbonyl (C=O) groups is 2. The molecule has 1 amide bonds. The number of methoxy groups -OCH3 is 1. The molecule has 0 unspecified atom stereocenters. The first kappa shape index (κ1) is 16.3. The number of carbonyl (C=O) groups excluding carboxylic acids is 1. The lowest BCUT2D eigenvalue weighted by Crippen LogP contribution is -2.44. The number of benzene rings is 1. The minimum atomic E-state index is -0.843. The number of amides is 1. The zero-order valence-electron chi connectivity index (χ0n) is 13.5. The molecule has 1 heterocycles. The quantitative estimate of drug-likeness (QED) is 0.927. The second-order valence-electron chi connectivity index (χ2n) is 6.70. The molecule has 5 nitrogen and oxygen atoms in total. The number of carboxylic acid groups (broad SMARTS) is 1. The number of rotatable bonds is 4. The van der Waals surface area contributed by atoms with Crippen molar-refractivity contribution >= 4 is 11.9 Å². The van der Waals surface area contributed by atoms with Gasteiger partial charge in [-0.05, 0) is 44.9 Å². The van der Waals surface area contributed by atoms with E-state index in [2.05, 4.69) is 0 Å². The van der Waals surface area contributed by atoms with Crippen molar-refractivity contribution in [1.82, 2.24) is 4.90 Å². The van der Waals surface area contributed by atoms with Gasteiger partial charge in [-0.2, -0.15) is 0 Å². The Bertz CT molecular complexity index is 579. The highest BCUT2D eigenvalue weighted by Gasteiger charge is 2.45. The fourth-order valence-electron chi connectivity index (χ4n) is 2.84. The molecule has 1 saturated heterocycles. The molecule has 0 aliphatic carbocycles. The van der Waals surface area contributed by atoms with Crippen LogP contribution in [-0.2, 0) is 15.0 Å². The van der Waals surface area contributed by atoms with Crippen molar-refractivity contribution in [2.75, 3.05) is 20.2 Å². The molecule has 1 atom stereocenters. The van der Waals surface area contributed by atoms with Crippen LogP contribution in [0.2, 0.25) is 0 Å². The van der Waals surface area contributed by atoms with E-state index < -0.39 is 16.8 Å². The number of hydrogen-bond acceptors (Lipinski definition) is 3. The zero-order chi connectivity index (χ0) is 16.5. The van der Waals surface area contributed by atoms with Gasteiger partial charge in [0, 0.05) is 13.1 Å². The monoisotopic (exact) mass is 305 g/mol. The summed E-state index contributed by atoms with van der Waals surface area (Å²) in [6, 6.07) is 7.41. The molecule has 1 N–H and O–H groups in total. The molecule has 1 aromatic rings. The fourth-order valence-corrected chi connectivity index (χ4v) is 2.84. The van der Waals surface area contributed by atoms with Crippen molar-refractivity contribution in [1.29, 1.82) is 0 Å². The normalized spacial score (nSPS) is 21.7. The van der Waals surface area contributed by atoms with Crippen LogP contribution in [0.4, 0.5) is 0 Å². The van der Waals surface area contributed by atoms with E-state index in [1.165, 1.54) is 0 Å². The van der Waals surface area contributed by atoms with E-state index in [1.807, 2.05) is 38.1 Å². The summed E-state index contributed by atoms with van der Waals surface area (Å²) in [6.45, 7) is 6.19. The van der Waals surface area contributed by atoms with Crippen LogP contribution in [0.25, 0.3) is 0 Å². The number of nitrogens with zero attached hydrogens (tertiary/aromatic N) is 1. The number of carboxylic acids is 1. The maximum atomic E-state index is 12.8. The Morgan fingerprint density at radius 2 is 1.86 bits per heavy atom. The van der Waals surface area contributed by atoms with Crippen molar-refractivity contribution in [3.05, 3.63) is 29.8 Å². The number of likely N-dealkylation sites (tertiary alicyclic amines) is 1. The zero-order valence-corrected chi connectivity index (χ0v) is 13.5. The minimum Gasteiger partial charge on any atom is -0.497 e. The topological polar surface area (TPSA) is 66.8 Å². The van der Waals surface area contributed by atoms with E-state index >= 15 is 0 Å². The summed E-state index contributed by atoms with van der Waals surface area (Å²) in [6.07, 6.45) is 0.493. The van der Waals surface area contributed by atoms with Crippen molar-refractivity contribution < 1.29 is 19.4 Å². The predicted octanol–water partition coefficient (Wildman–Crippen LogP) is 2.30. The molecule has 1 aliphatic heterocycles. The molecule has 0 bridgehead atoms. The molecular weight excluding hydrogens is 282 g/mol. The summed E-state index contributed by atoms with van der Waals surface area (Å²) in [5.41, 5.74) is -0.649. The summed E-state index contributed by atoms with van der Waals surface area (Å²) in [5, 5.41) is 9.30. The Labute approximate surface area is 130 Å². The van der Waals surface area contributed by atoms with Gasteiger partial charge in [-0.15, -0.1) is 0 Å². The van der Waals surface area contributed by atoms with Crippen LogP contribution in [-0.4, -0.2) is 42.1 Å². The molecule has 0 saturated carbocycles. The van der Waals surface area contributed by atoms with Crippen molar-refractivity contribution in [3.8, 4) is 5.75 Å². The maximum absolute atomic E-state index is 12.8. The lowest BCUT2D eigenvalue weighted by molar-refractivity contribution is -0.147. The van der Waals surface area contributed by atoms with Crippen LogP contribution in [0.5, 0.6) is 5.75 Å². The molecule has 1 aromatic carbocycles. The predicted molar refractivity (Wildman–Crippen MR) is 83.0 cm³/mol. The van der Waals surface area contributed by atoms with E-state index in [-0.39, 0.29) is 12.5 Å². The van der Waals surface area contributed by atoms with E-state index in [0.717, 1.165) is 11.3 Å². The average molecular weight is 305 g/mol. The smallest absolute Gasteiger partial charge is 0.311 e. The molecule has 2 rings (SSSR count). The first-order valence-corrected chi connectivity index (χ1v) is 7.38. The molecule has 0 radical (unpaired) electrons. The van der Waals surface area contributed by atoms with Gasteiger partial charge < -0.3 is 14.7 Å². The fraction of sp³-hybridized carbons (Fsp3) is 0.529. The van der Waals surface area contributed by atoms with Gasteiger partial charge in [-0.25, -0.2) is 0 Å². The Balaban J connectivity index is 2.18. The van der Waals surface area contributed by atoms with Crippen molar-refractivity contribution in [2.45, 2.75) is 32.6 Å². The van der Waals surface area contributed by atoms with Gasteiger partial charge in [-0.1, -0.05) is 12.1 Å². The van der Waals surface area contributed by atoms with Crippen LogP contribution in [0.1, 0.15) is 32.8 Å². The largest absolute Gasteiger partial charge is 0.497 e. The Kier molecular flexibility index (Phi) is 4.18. The molecular formula is C17H23NO4. The standard InChI is InChI=1S/C17H23NO4/c1-16(2,12-5-7-13(22-4)8-6-12)14(19)18-10-9-17(3,11-18)15(20)21/h5-8H,9-11H2,1-4H3,(H,20,21)/t17-/m0/s1. The van der Waals surface area contributed by atoms with Crippen LogP contribution < -0.4 is 4.74 Å². The summed E-state index contributed by atoms with van der Waals surface area (Å²) in [4.78, 5) is 25.8. The highest BCUT2D eigenvalue weighted by Crippen LogP contribution is 2.34. The number of hydrogen-bond donors (Lipinski definition) is 1. The van der Waals surface area contributed by atoms with Gasteiger partial charge in [0.25, 0.3) is 0 Å². The third kappa shape index (κ3) is 2.80. The van der Waals surface area contributed by atoms with Crippen LogP contribution >= 0.6 is 0 Å². The molecule has 5 heteroatoms. The average Bonchev–Trinajstić information content (AvgIpc) is 2.90. The third-order valence-corrected chi connectivity index (χ3v) is 4.62. The maximum Gasteiger partial charge on any atom is 0.311 e. The Hall–Kier alpha value is -2.04. The van der Waals surface area contributed by atoms with E-state index in [9.17, 15) is 14.7 Å². The van der Waals surface area contributed by atoms with E-state index in [4.69, 9.17) is 4.74 Å². The summed E-state index contributed by atoms with van der Waals surface area (Å²) in [7, 11) is 1.60. The molecule has 0 aromatic heterocycles. The summed E-state index contributed by atoms with van der Waals surface area (Å²) < 4.78 is 5.14. The van der Waals surface area contributed by atoms with Gasteiger partial charge in [0.2, 0.25) is 5.91 Å². The summed E-state index contributed by atoms with van der Waals surface area (Å²) >= 11 is 0. The van der Waals surface area contributed by atoms with E-state index in [1.54, 1.807) is 18.9 Å². The lowest BCUT2D eigenvalue weighted by atomic mass is 9.83. The van der Waals surface area contributed by atoms with Gasteiger partial charge >= 0.3 is 5.97 Å². The van der Waals surface area contributed by atoms with Gasteiger partial charge in [0.1, 0.15) is 5.75 Å². The second kappa shape index (κ2) is 5.63. The number of aliphatic carboxylic acids is 1. The van der Waals surface area contributed by atoms with Gasteiger partial charge in [-0.3, -0.25) is 9.59 Å².